The first-order valence-corrected chi connectivity index (χ1v) is 9.36. The van der Waals surface area contributed by atoms with Gasteiger partial charge in [0, 0.05) is 12.6 Å². The van der Waals surface area contributed by atoms with Gasteiger partial charge in [-0.05, 0) is 19.1 Å². The van der Waals surface area contributed by atoms with E-state index in [-0.39, 0.29) is 5.65 Å². The molecule has 128 valence electrons. The molecule has 0 spiro atoms. The molecule has 4 rings (SSSR count). The topological polar surface area (TPSA) is 91.8 Å². The molecule has 0 fully saturated rings. The quantitative estimate of drug-likeness (QED) is 0.537. The summed E-state index contributed by atoms with van der Waals surface area (Å²) in [4.78, 5) is 21.7. The zero-order valence-corrected chi connectivity index (χ0v) is 14.6. The number of hydrogen-bond acceptors (Lipinski definition) is 5. The molecular weight excluding hydrogens is 342 g/mol. The van der Waals surface area contributed by atoms with Gasteiger partial charge in [-0.3, -0.25) is 4.57 Å². The predicted molar refractivity (Wildman–Crippen MR) is 94.6 cm³/mol. The summed E-state index contributed by atoms with van der Waals surface area (Å²) in [5.41, 5.74) is 2.29. The molecule has 0 aliphatic heterocycles. The van der Waals surface area contributed by atoms with Crippen molar-refractivity contribution in [3.8, 4) is 5.69 Å². The number of imidazole rings is 2. The number of fused-ring (bicyclic) bond motifs is 2. The van der Waals surface area contributed by atoms with Crippen LogP contribution in [0, 0.1) is 6.92 Å². The summed E-state index contributed by atoms with van der Waals surface area (Å²) in [7, 11) is -2.07. The summed E-state index contributed by atoms with van der Waals surface area (Å²) >= 11 is 0. The largest absolute Gasteiger partial charge is 0.349 e. The summed E-state index contributed by atoms with van der Waals surface area (Å²) in [6.07, 6.45) is 2.60. The highest BCUT2D eigenvalue weighted by molar-refractivity contribution is 7.89. The molecule has 4 aromatic rings. The van der Waals surface area contributed by atoms with Crippen LogP contribution >= 0.6 is 0 Å². The number of para-hydroxylation sites is 1. The lowest BCUT2D eigenvalue weighted by Gasteiger charge is -2.05. The van der Waals surface area contributed by atoms with E-state index in [1.54, 1.807) is 42.2 Å². The predicted octanol–water partition coefficient (Wildman–Crippen LogP) is 1.19. The number of aromatic nitrogens is 5. The van der Waals surface area contributed by atoms with E-state index in [2.05, 4.69) is 9.97 Å². The Morgan fingerprint density at radius 2 is 1.76 bits per heavy atom. The van der Waals surface area contributed by atoms with Crippen LogP contribution in [0.25, 0.3) is 28.0 Å². The molecule has 0 atom stereocenters. The Hall–Kier alpha value is -2.94. The molecule has 0 N–H and O–H groups in total. The van der Waals surface area contributed by atoms with Gasteiger partial charge >= 0.3 is 5.69 Å². The van der Waals surface area contributed by atoms with Crippen molar-refractivity contribution in [1.29, 1.82) is 0 Å². The minimum atomic E-state index is -3.84. The third-order valence-electron chi connectivity index (χ3n) is 4.17. The monoisotopic (exact) mass is 357 g/mol. The van der Waals surface area contributed by atoms with Crippen molar-refractivity contribution in [3.05, 3.63) is 52.7 Å². The van der Waals surface area contributed by atoms with Crippen LogP contribution < -0.4 is 5.69 Å². The van der Waals surface area contributed by atoms with Gasteiger partial charge in [0.05, 0.1) is 18.3 Å². The molecule has 0 saturated heterocycles. The highest BCUT2D eigenvalue weighted by Crippen LogP contribution is 2.26. The van der Waals surface area contributed by atoms with Crippen LogP contribution in [0.3, 0.4) is 0 Å². The fraction of sp³-hybridized carbons (Fsp3) is 0.188. The standard InChI is InChI=1S/C16H15N5O3S/c1-10-12-14(19(2)9-17-12)18-15-13(10)20(11-7-5-4-6-8-11)16(22)21(15)25(3,23)24/h4-9H,1-3H3. The van der Waals surface area contributed by atoms with E-state index in [4.69, 9.17) is 0 Å². The highest BCUT2D eigenvalue weighted by atomic mass is 32.2. The first-order valence-electron chi connectivity index (χ1n) is 7.52. The smallest absolute Gasteiger partial charge is 0.318 e. The second-order valence-electron chi connectivity index (χ2n) is 5.92. The fourth-order valence-electron chi connectivity index (χ4n) is 3.06. The highest BCUT2D eigenvalue weighted by Gasteiger charge is 2.25. The summed E-state index contributed by atoms with van der Waals surface area (Å²) < 4.78 is 28.3. The second-order valence-corrected chi connectivity index (χ2v) is 7.75. The summed E-state index contributed by atoms with van der Waals surface area (Å²) in [6.45, 7) is 1.81. The molecule has 3 heterocycles. The van der Waals surface area contributed by atoms with Crippen molar-refractivity contribution < 1.29 is 8.42 Å². The zero-order valence-electron chi connectivity index (χ0n) is 13.8. The van der Waals surface area contributed by atoms with Crippen LogP contribution in [0.15, 0.2) is 41.5 Å². The number of aryl methyl sites for hydroxylation is 2. The van der Waals surface area contributed by atoms with Crippen molar-refractivity contribution in [3.63, 3.8) is 0 Å². The first-order chi connectivity index (χ1) is 11.8. The normalized spacial score (nSPS) is 12.3. The molecule has 1 aromatic carbocycles. The fourth-order valence-corrected chi connectivity index (χ4v) is 3.86. The van der Waals surface area contributed by atoms with Gasteiger partial charge in [0.2, 0.25) is 10.0 Å². The molecule has 8 nitrogen and oxygen atoms in total. The van der Waals surface area contributed by atoms with Gasteiger partial charge in [0.25, 0.3) is 0 Å². The maximum Gasteiger partial charge on any atom is 0.349 e. The van der Waals surface area contributed by atoms with E-state index in [1.807, 2.05) is 13.0 Å². The maximum absolute atomic E-state index is 13.0. The molecule has 3 aromatic heterocycles. The van der Waals surface area contributed by atoms with Crippen molar-refractivity contribution in [2.45, 2.75) is 6.92 Å². The SMILES string of the molecule is Cc1c2ncn(C)c2nc2c1n(-c1ccccc1)c(=O)n2S(C)(=O)=O. The third kappa shape index (κ3) is 2.12. The van der Waals surface area contributed by atoms with Crippen molar-refractivity contribution >= 4 is 32.4 Å². The number of pyridine rings is 1. The summed E-state index contributed by atoms with van der Waals surface area (Å²) in [5.74, 6) is 0. The van der Waals surface area contributed by atoms with Crippen molar-refractivity contribution in [2.24, 2.45) is 7.05 Å². The zero-order chi connectivity index (χ0) is 17.9. The van der Waals surface area contributed by atoms with Gasteiger partial charge < -0.3 is 4.57 Å². The van der Waals surface area contributed by atoms with Crippen LogP contribution in [0.5, 0.6) is 0 Å². The van der Waals surface area contributed by atoms with E-state index >= 15 is 0 Å². The van der Waals surface area contributed by atoms with Gasteiger partial charge in [0.1, 0.15) is 11.0 Å². The Labute approximate surface area is 143 Å². The molecule has 25 heavy (non-hydrogen) atoms. The Bertz CT molecular complexity index is 1300. The molecule has 0 aliphatic carbocycles. The Balaban J connectivity index is 2.33. The minimum Gasteiger partial charge on any atom is -0.318 e. The average Bonchev–Trinajstić information content (AvgIpc) is 3.06. The van der Waals surface area contributed by atoms with E-state index in [1.165, 1.54) is 4.57 Å². The van der Waals surface area contributed by atoms with Gasteiger partial charge in [-0.25, -0.2) is 23.2 Å². The summed E-state index contributed by atoms with van der Waals surface area (Å²) in [5, 5.41) is 0. The number of hydrogen-bond donors (Lipinski definition) is 0. The van der Waals surface area contributed by atoms with Gasteiger partial charge in [-0.15, -0.1) is 0 Å². The van der Waals surface area contributed by atoms with Crippen LogP contribution in [0.2, 0.25) is 0 Å². The molecule has 0 radical (unpaired) electrons. The summed E-state index contributed by atoms with van der Waals surface area (Å²) in [6, 6.07) is 8.89. The molecule has 0 bridgehead atoms. The second kappa shape index (κ2) is 5.03. The van der Waals surface area contributed by atoms with Crippen LogP contribution in [0.4, 0.5) is 0 Å². The maximum atomic E-state index is 13.0. The van der Waals surface area contributed by atoms with Crippen LogP contribution in [0.1, 0.15) is 5.56 Å². The van der Waals surface area contributed by atoms with Gasteiger partial charge in [-0.1, -0.05) is 18.2 Å². The Kier molecular flexibility index (Phi) is 3.13. The molecule has 0 unspecified atom stereocenters. The van der Waals surface area contributed by atoms with E-state index in [0.717, 1.165) is 10.2 Å². The first kappa shape index (κ1) is 15.6. The van der Waals surface area contributed by atoms with Crippen LogP contribution in [-0.4, -0.2) is 37.7 Å². The molecule has 9 heteroatoms. The van der Waals surface area contributed by atoms with E-state index in [9.17, 15) is 13.2 Å². The molecular formula is C16H15N5O3S. The number of benzene rings is 1. The van der Waals surface area contributed by atoms with Crippen molar-refractivity contribution in [1.82, 2.24) is 23.1 Å². The average molecular weight is 357 g/mol. The van der Waals surface area contributed by atoms with Crippen LogP contribution in [-0.2, 0) is 17.1 Å². The minimum absolute atomic E-state index is 0.102. The van der Waals surface area contributed by atoms with Gasteiger partial charge in [-0.2, -0.15) is 3.97 Å². The lowest BCUT2D eigenvalue weighted by molar-refractivity contribution is 0.592. The van der Waals surface area contributed by atoms with Crippen molar-refractivity contribution in [2.75, 3.05) is 6.26 Å². The Morgan fingerprint density at radius 1 is 1.08 bits per heavy atom. The Morgan fingerprint density at radius 3 is 2.40 bits per heavy atom. The molecule has 0 aliphatic rings. The number of nitrogens with zero attached hydrogens (tertiary/aromatic N) is 5. The third-order valence-corrected chi connectivity index (χ3v) is 5.16. The molecule has 0 amide bonds. The lowest BCUT2D eigenvalue weighted by atomic mass is 10.2. The number of rotatable bonds is 2. The van der Waals surface area contributed by atoms with Gasteiger partial charge in [0.15, 0.2) is 11.3 Å². The molecule has 0 saturated carbocycles. The van der Waals surface area contributed by atoms with E-state index < -0.39 is 15.7 Å². The van der Waals surface area contributed by atoms with E-state index in [0.29, 0.717) is 27.9 Å². The lowest BCUT2D eigenvalue weighted by Crippen LogP contribution is -2.28.